The predicted octanol–water partition coefficient (Wildman–Crippen LogP) is 5.85. The fourth-order valence-corrected chi connectivity index (χ4v) is 4.07. The van der Waals surface area contributed by atoms with E-state index in [1.165, 1.54) is 11.8 Å². The molecule has 0 fully saturated rings. The molecule has 8 heteroatoms. The second-order valence-corrected chi connectivity index (χ2v) is 8.90. The molecular formula is C25H23ClN4O2S. The number of benzene rings is 3. The van der Waals surface area contributed by atoms with Crippen molar-refractivity contribution in [2.45, 2.75) is 25.6 Å². The van der Waals surface area contributed by atoms with E-state index in [1.54, 1.807) is 12.1 Å². The van der Waals surface area contributed by atoms with Crippen molar-refractivity contribution in [3.63, 3.8) is 0 Å². The third-order valence-electron chi connectivity index (χ3n) is 4.81. The molecule has 168 valence electrons. The Kier molecular flexibility index (Phi) is 7.32. The minimum Gasteiger partial charge on any atom is -0.486 e. The van der Waals surface area contributed by atoms with Crippen LogP contribution in [0.15, 0.2) is 78.0 Å². The first-order valence-corrected chi connectivity index (χ1v) is 11.7. The Bertz CT molecular complexity index is 1240. The summed E-state index contributed by atoms with van der Waals surface area (Å²) >= 11 is 7.38. The van der Waals surface area contributed by atoms with E-state index in [0.717, 1.165) is 28.3 Å². The molecule has 1 aromatic heterocycles. The maximum Gasteiger partial charge on any atom is 0.234 e. The van der Waals surface area contributed by atoms with Gasteiger partial charge in [-0.2, -0.15) is 0 Å². The molecule has 0 spiro atoms. The van der Waals surface area contributed by atoms with Gasteiger partial charge in [0.1, 0.15) is 12.4 Å². The lowest BCUT2D eigenvalue weighted by Crippen LogP contribution is -2.15. The second-order valence-electron chi connectivity index (χ2n) is 7.52. The number of aromatic nitrogens is 3. The molecule has 0 aliphatic carbocycles. The summed E-state index contributed by atoms with van der Waals surface area (Å²) in [5.41, 5.74) is 3.86. The number of anilines is 1. The van der Waals surface area contributed by atoms with Crippen LogP contribution in [0.25, 0.3) is 5.69 Å². The maximum absolute atomic E-state index is 12.5. The summed E-state index contributed by atoms with van der Waals surface area (Å²) in [6.07, 6.45) is 0. The molecule has 4 rings (SSSR count). The van der Waals surface area contributed by atoms with Crippen LogP contribution in [0.1, 0.15) is 17.0 Å². The van der Waals surface area contributed by atoms with Crippen LogP contribution >= 0.6 is 23.4 Å². The summed E-state index contributed by atoms with van der Waals surface area (Å²) in [5, 5.41) is 12.8. The van der Waals surface area contributed by atoms with Crippen LogP contribution in [0.3, 0.4) is 0 Å². The summed E-state index contributed by atoms with van der Waals surface area (Å²) in [5.74, 6) is 1.45. The lowest BCUT2D eigenvalue weighted by atomic mass is 10.2. The average molecular weight is 479 g/mol. The number of aryl methyl sites for hydroxylation is 2. The van der Waals surface area contributed by atoms with Crippen LogP contribution in [0.4, 0.5) is 5.69 Å². The number of nitrogens with zero attached hydrogens (tertiary/aromatic N) is 3. The Morgan fingerprint density at radius 3 is 2.48 bits per heavy atom. The predicted molar refractivity (Wildman–Crippen MR) is 132 cm³/mol. The fourth-order valence-electron chi connectivity index (χ4n) is 3.17. The molecule has 0 atom stereocenters. The van der Waals surface area contributed by atoms with Gasteiger partial charge in [-0.3, -0.25) is 9.36 Å². The van der Waals surface area contributed by atoms with E-state index >= 15 is 0 Å². The number of carbonyl (C=O) groups is 1. The van der Waals surface area contributed by atoms with E-state index in [-0.39, 0.29) is 18.3 Å². The third kappa shape index (κ3) is 6.15. The highest BCUT2D eigenvalue weighted by Crippen LogP contribution is 2.25. The van der Waals surface area contributed by atoms with Crippen molar-refractivity contribution in [3.8, 4) is 11.4 Å². The Labute approximate surface area is 202 Å². The highest BCUT2D eigenvalue weighted by molar-refractivity contribution is 7.99. The van der Waals surface area contributed by atoms with Gasteiger partial charge in [0.05, 0.1) is 5.75 Å². The standard InChI is InChI=1S/C25H23ClN4O2S/c1-17-6-12-22(13-7-17)32-15-23-28-29-25(30(23)21-10-8-19(26)9-11-21)33-16-24(31)27-20-5-3-4-18(2)14-20/h3-14H,15-16H2,1-2H3,(H,27,31). The molecule has 0 aliphatic rings. The van der Waals surface area contributed by atoms with Crippen molar-refractivity contribution in [1.82, 2.24) is 14.8 Å². The molecule has 4 aromatic rings. The molecule has 1 heterocycles. The molecule has 33 heavy (non-hydrogen) atoms. The van der Waals surface area contributed by atoms with Crippen LogP contribution in [0.5, 0.6) is 5.75 Å². The minimum absolute atomic E-state index is 0.117. The van der Waals surface area contributed by atoms with E-state index in [1.807, 2.05) is 79.1 Å². The summed E-state index contributed by atoms with van der Waals surface area (Å²) in [6, 6.07) is 22.9. The summed E-state index contributed by atoms with van der Waals surface area (Å²) in [6.45, 7) is 4.24. The van der Waals surface area contributed by atoms with E-state index in [0.29, 0.717) is 16.0 Å². The zero-order valence-corrected chi connectivity index (χ0v) is 19.9. The molecule has 1 N–H and O–H groups in total. The molecule has 0 unspecified atom stereocenters. The largest absolute Gasteiger partial charge is 0.486 e. The van der Waals surface area contributed by atoms with Gasteiger partial charge in [0.15, 0.2) is 11.0 Å². The fraction of sp³-hybridized carbons (Fsp3) is 0.160. The monoisotopic (exact) mass is 478 g/mol. The molecule has 3 aromatic carbocycles. The van der Waals surface area contributed by atoms with Crippen molar-refractivity contribution >= 4 is 35.0 Å². The van der Waals surface area contributed by atoms with E-state index in [2.05, 4.69) is 15.5 Å². The zero-order chi connectivity index (χ0) is 23.2. The van der Waals surface area contributed by atoms with Gasteiger partial charge in [0.2, 0.25) is 5.91 Å². The number of hydrogen-bond donors (Lipinski definition) is 1. The van der Waals surface area contributed by atoms with Gasteiger partial charge < -0.3 is 10.1 Å². The molecule has 0 bridgehead atoms. The van der Waals surface area contributed by atoms with Crippen molar-refractivity contribution < 1.29 is 9.53 Å². The van der Waals surface area contributed by atoms with Crippen LogP contribution in [-0.2, 0) is 11.4 Å². The number of halogens is 1. The second kappa shape index (κ2) is 10.6. The lowest BCUT2D eigenvalue weighted by Gasteiger charge is -2.12. The maximum atomic E-state index is 12.5. The number of hydrogen-bond acceptors (Lipinski definition) is 5. The van der Waals surface area contributed by atoms with Crippen molar-refractivity contribution in [3.05, 3.63) is 94.8 Å². The Hall–Kier alpha value is -3.29. The number of thioether (sulfide) groups is 1. The first-order chi connectivity index (χ1) is 16.0. The molecule has 1 amide bonds. The van der Waals surface area contributed by atoms with Gasteiger partial charge in [-0.15, -0.1) is 10.2 Å². The molecule has 0 aliphatic heterocycles. The molecule has 0 saturated heterocycles. The molecular weight excluding hydrogens is 456 g/mol. The van der Waals surface area contributed by atoms with Gasteiger partial charge in [-0.1, -0.05) is 53.2 Å². The average Bonchev–Trinajstić information content (AvgIpc) is 3.21. The Morgan fingerprint density at radius 1 is 1.00 bits per heavy atom. The highest BCUT2D eigenvalue weighted by Gasteiger charge is 2.17. The Morgan fingerprint density at radius 2 is 1.76 bits per heavy atom. The van der Waals surface area contributed by atoms with Crippen molar-refractivity contribution in [1.29, 1.82) is 0 Å². The lowest BCUT2D eigenvalue weighted by molar-refractivity contribution is -0.113. The van der Waals surface area contributed by atoms with Gasteiger partial charge in [0, 0.05) is 16.4 Å². The third-order valence-corrected chi connectivity index (χ3v) is 5.99. The first-order valence-electron chi connectivity index (χ1n) is 10.4. The minimum atomic E-state index is -0.117. The summed E-state index contributed by atoms with van der Waals surface area (Å²) in [4.78, 5) is 12.5. The van der Waals surface area contributed by atoms with Gasteiger partial charge in [0.25, 0.3) is 0 Å². The van der Waals surface area contributed by atoms with Crippen LogP contribution in [0, 0.1) is 13.8 Å². The summed E-state index contributed by atoms with van der Waals surface area (Å²) in [7, 11) is 0. The number of nitrogens with one attached hydrogen (secondary N) is 1. The van der Waals surface area contributed by atoms with Gasteiger partial charge >= 0.3 is 0 Å². The molecule has 6 nitrogen and oxygen atoms in total. The zero-order valence-electron chi connectivity index (χ0n) is 18.3. The van der Waals surface area contributed by atoms with E-state index in [9.17, 15) is 4.79 Å². The topological polar surface area (TPSA) is 69.0 Å². The Balaban J connectivity index is 1.51. The number of ether oxygens (including phenoxy) is 1. The molecule has 0 radical (unpaired) electrons. The number of rotatable bonds is 8. The number of amides is 1. The van der Waals surface area contributed by atoms with Gasteiger partial charge in [-0.05, 0) is 67.9 Å². The van der Waals surface area contributed by atoms with Crippen LogP contribution in [-0.4, -0.2) is 26.4 Å². The van der Waals surface area contributed by atoms with Gasteiger partial charge in [-0.25, -0.2) is 0 Å². The van der Waals surface area contributed by atoms with Crippen LogP contribution < -0.4 is 10.1 Å². The quantitative estimate of drug-likeness (QED) is 0.322. The number of carbonyl (C=O) groups excluding carboxylic acids is 1. The van der Waals surface area contributed by atoms with Crippen molar-refractivity contribution in [2.75, 3.05) is 11.1 Å². The van der Waals surface area contributed by atoms with E-state index in [4.69, 9.17) is 16.3 Å². The smallest absolute Gasteiger partial charge is 0.234 e. The normalized spacial score (nSPS) is 10.8. The van der Waals surface area contributed by atoms with Crippen molar-refractivity contribution in [2.24, 2.45) is 0 Å². The summed E-state index contributed by atoms with van der Waals surface area (Å²) < 4.78 is 7.81. The molecule has 0 saturated carbocycles. The van der Waals surface area contributed by atoms with Crippen LogP contribution in [0.2, 0.25) is 5.02 Å². The first kappa shape index (κ1) is 22.9. The SMILES string of the molecule is Cc1ccc(OCc2nnc(SCC(=O)Nc3cccc(C)c3)n2-c2ccc(Cl)cc2)cc1. The highest BCUT2D eigenvalue weighted by atomic mass is 35.5. The van der Waals surface area contributed by atoms with E-state index < -0.39 is 0 Å².